The van der Waals surface area contributed by atoms with Crippen molar-refractivity contribution in [2.75, 3.05) is 11.9 Å². The zero-order chi connectivity index (χ0) is 19.7. The van der Waals surface area contributed by atoms with E-state index in [1.807, 2.05) is 37.3 Å². The molecule has 2 unspecified atom stereocenters. The van der Waals surface area contributed by atoms with E-state index in [0.29, 0.717) is 23.5 Å². The van der Waals surface area contributed by atoms with Crippen LogP contribution in [0.5, 0.6) is 0 Å². The summed E-state index contributed by atoms with van der Waals surface area (Å²) in [6.45, 7) is 4.62. The molecule has 0 aliphatic carbocycles. The summed E-state index contributed by atoms with van der Waals surface area (Å²) in [6, 6.07) is 9.98. The molecule has 2 aromatic heterocycles. The van der Waals surface area contributed by atoms with Crippen LogP contribution in [0.2, 0.25) is 0 Å². The minimum atomic E-state index is -0.197. The molecule has 1 aliphatic rings. The number of rotatable bonds is 6. The van der Waals surface area contributed by atoms with Gasteiger partial charge in [0.15, 0.2) is 5.52 Å². The van der Waals surface area contributed by atoms with Crippen molar-refractivity contribution in [3.63, 3.8) is 0 Å². The van der Waals surface area contributed by atoms with E-state index in [1.165, 1.54) is 0 Å². The van der Waals surface area contributed by atoms with Gasteiger partial charge in [-0.1, -0.05) is 48.8 Å². The van der Waals surface area contributed by atoms with Crippen molar-refractivity contribution in [3.8, 4) is 0 Å². The molecule has 3 heterocycles. The highest BCUT2D eigenvalue weighted by Crippen LogP contribution is 2.23. The average molecular weight is 380 g/mol. The van der Waals surface area contributed by atoms with Crippen LogP contribution in [-0.4, -0.2) is 38.1 Å². The number of oxime groups is 1. The molecule has 2 atom stereocenters. The summed E-state index contributed by atoms with van der Waals surface area (Å²) in [4.78, 5) is 25.5. The van der Waals surface area contributed by atoms with Gasteiger partial charge >= 0.3 is 0 Å². The Labute approximate surface area is 162 Å². The molecule has 8 nitrogen and oxygen atoms in total. The van der Waals surface area contributed by atoms with Gasteiger partial charge in [0.05, 0.1) is 17.3 Å². The van der Waals surface area contributed by atoms with Crippen molar-refractivity contribution in [3.05, 3.63) is 51.9 Å². The first-order valence-corrected chi connectivity index (χ1v) is 9.57. The molecule has 1 aromatic carbocycles. The number of hydrogen-bond acceptors (Lipinski definition) is 6. The summed E-state index contributed by atoms with van der Waals surface area (Å²) in [5.74, 6) is 0.488. The lowest BCUT2D eigenvalue weighted by Gasteiger charge is -2.16. The SMILES string of the molecule is CCCc1nn(C)c2c(=O)[nH]c(NCC3C(c4ccccc4)=NOC3C)nc12. The molecule has 2 N–H and O–H groups in total. The van der Waals surface area contributed by atoms with Gasteiger partial charge in [-0.25, -0.2) is 4.98 Å². The molecule has 146 valence electrons. The molecular formula is C20H24N6O2. The fourth-order valence-electron chi connectivity index (χ4n) is 3.58. The van der Waals surface area contributed by atoms with Crippen LogP contribution >= 0.6 is 0 Å². The van der Waals surface area contributed by atoms with Crippen LogP contribution < -0.4 is 10.9 Å². The molecule has 0 bridgehead atoms. The highest BCUT2D eigenvalue weighted by molar-refractivity contribution is 6.03. The van der Waals surface area contributed by atoms with Crippen LogP contribution in [0.1, 0.15) is 31.5 Å². The lowest BCUT2D eigenvalue weighted by atomic mass is 9.93. The quantitative estimate of drug-likeness (QED) is 0.685. The third kappa shape index (κ3) is 3.26. The number of H-pyrrole nitrogens is 1. The smallest absolute Gasteiger partial charge is 0.278 e. The molecule has 0 saturated heterocycles. The van der Waals surface area contributed by atoms with E-state index in [-0.39, 0.29) is 17.6 Å². The third-order valence-corrected chi connectivity index (χ3v) is 5.04. The van der Waals surface area contributed by atoms with Crippen molar-refractivity contribution in [1.82, 2.24) is 19.7 Å². The minimum absolute atomic E-state index is 0.0485. The number of nitrogens with zero attached hydrogens (tertiary/aromatic N) is 4. The van der Waals surface area contributed by atoms with Gasteiger partial charge in [-0.2, -0.15) is 5.10 Å². The molecule has 0 spiro atoms. The molecule has 3 aromatic rings. The summed E-state index contributed by atoms with van der Waals surface area (Å²) in [5.41, 5.74) is 3.74. The van der Waals surface area contributed by atoms with Crippen molar-refractivity contribution < 1.29 is 4.84 Å². The minimum Gasteiger partial charge on any atom is -0.392 e. The van der Waals surface area contributed by atoms with Crippen LogP contribution in [-0.2, 0) is 18.3 Å². The molecule has 0 amide bonds. The Hall–Kier alpha value is -3.16. The lowest BCUT2D eigenvalue weighted by molar-refractivity contribution is 0.0787. The van der Waals surface area contributed by atoms with Crippen LogP contribution in [0.3, 0.4) is 0 Å². The molecule has 0 fully saturated rings. The zero-order valence-corrected chi connectivity index (χ0v) is 16.3. The van der Waals surface area contributed by atoms with Gasteiger partial charge in [-0.15, -0.1) is 0 Å². The predicted octanol–water partition coefficient (Wildman–Crippen LogP) is 2.46. The number of benzene rings is 1. The zero-order valence-electron chi connectivity index (χ0n) is 16.3. The average Bonchev–Trinajstić information content (AvgIpc) is 3.21. The third-order valence-electron chi connectivity index (χ3n) is 5.04. The molecule has 28 heavy (non-hydrogen) atoms. The van der Waals surface area contributed by atoms with Gasteiger partial charge in [-0.3, -0.25) is 14.5 Å². The molecule has 8 heteroatoms. The summed E-state index contributed by atoms with van der Waals surface area (Å²) in [7, 11) is 1.77. The Morgan fingerprint density at radius 3 is 2.82 bits per heavy atom. The second-order valence-corrected chi connectivity index (χ2v) is 7.07. The normalized spacial score (nSPS) is 18.9. The highest BCUT2D eigenvalue weighted by Gasteiger charge is 2.31. The Kier molecular flexibility index (Phi) is 4.85. The maximum absolute atomic E-state index is 12.5. The molecule has 0 saturated carbocycles. The summed E-state index contributed by atoms with van der Waals surface area (Å²) in [5, 5.41) is 12.0. The number of fused-ring (bicyclic) bond motifs is 1. The number of hydrogen-bond donors (Lipinski definition) is 2. The summed E-state index contributed by atoms with van der Waals surface area (Å²) in [6.07, 6.45) is 1.66. The van der Waals surface area contributed by atoms with E-state index in [2.05, 4.69) is 32.5 Å². The predicted molar refractivity (Wildman–Crippen MR) is 109 cm³/mol. The van der Waals surface area contributed by atoms with Gasteiger partial charge in [-0.05, 0) is 18.9 Å². The summed E-state index contributed by atoms with van der Waals surface area (Å²) < 4.78 is 1.60. The standard InChI is InChI=1S/C20H24N6O2/c1-4-8-15-17-18(26(3)24-15)19(27)23-20(22-17)21-11-14-12(2)28-25-16(14)13-9-6-5-7-10-13/h5-7,9-10,12,14H,4,8,11H2,1-3H3,(H2,21,22,23,27). The van der Waals surface area contributed by atoms with Gasteiger partial charge in [0, 0.05) is 13.6 Å². The van der Waals surface area contributed by atoms with E-state index in [1.54, 1.807) is 11.7 Å². The monoisotopic (exact) mass is 380 g/mol. The van der Waals surface area contributed by atoms with Crippen molar-refractivity contribution in [2.45, 2.75) is 32.8 Å². The Bertz CT molecular complexity index is 1070. The second kappa shape index (κ2) is 7.46. The first-order chi connectivity index (χ1) is 13.6. The Morgan fingerprint density at radius 1 is 1.29 bits per heavy atom. The fourth-order valence-corrected chi connectivity index (χ4v) is 3.58. The van der Waals surface area contributed by atoms with Crippen molar-refractivity contribution >= 4 is 22.7 Å². The van der Waals surface area contributed by atoms with Gasteiger partial charge in [0.25, 0.3) is 5.56 Å². The lowest BCUT2D eigenvalue weighted by Crippen LogP contribution is -2.30. The van der Waals surface area contributed by atoms with Crippen LogP contribution in [0.15, 0.2) is 40.3 Å². The largest absolute Gasteiger partial charge is 0.392 e. The number of anilines is 1. The molecule has 0 radical (unpaired) electrons. The van der Waals surface area contributed by atoms with Crippen LogP contribution in [0, 0.1) is 5.92 Å². The number of nitrogens with one attached hydrogen (secondary N) is 2. The van der Waals surface area contributed by atoms with Gasteiger partial charge < -0.3 is 10.2 Å². The fraction of sp³-hybridized carbons (Fsp3) is 0.400. The van der Waals surface area contributed by atoms with E-state index >= 15 is 0 Å². The molecular weight excluding hydrogens is 356 g/mol. The van der Waals surface area contributed by atoms with E-state index in [9.17, 15) is 4.79 Å². The van der Waals surface area contributed by atoms with E-state index in [0.717, 1.165) is 29.8 Å². The topological polar surface area (TPSA) is 97.2 Å². The maximum Gasteiger partial charge on any atom is 0.278 e. The first kappa shape index (κ1) is 18.2. The Morgan fingerprint density at radius 2 is 2.07 bits per heavy atom. The first-order valence-electron chi connectivity index (χ1n) is 9.57. The van der Waals surface area contributed by atoms with Gasteiger partial charge in [0.2, 0.25) is 5.95 Å². The summed E-state index contributed by atoms with van der Waals surface area (Å²) >= 11 is 0. The Balaban J connectivity index is 1.59. The number of aryl methyl sites for hydroxylation is 2. The van der Waals surface area contributed by atoms with E-state index < -0.39 is 0 Å². The van der Waals surface area contributed by atoms with Crippen molar-refractivity contribution in [1.29, 1.82) is 0 Å². The number of aromatic amines is 1. The molecule has 1 aliphatic heterocycles. The highest BCUT2D eigenvalue weighted by atomic mass is 16.6. The van der Waals surface area contributed by atoms with Crippen LogP contribution in [0.25, 0.3) is 11.0 Å². The second-order valence-electron chi connectivity index (χ2n) is 7.07. The van der Waals surface area contributed by atoms with Crippen molar-refractivity contribution in [2.24, 2.45) is 18.1 Å². The maximum atomic E-state index is 12.5. The van der Waals surface area contributed by atoms with Gasteiger partial charge in [0.1, 0.15) is 11.6 Å². The number of aromatic nitrogens is 4. The molecule has 4 rings (SSSR count). The van der Waals surface area contributed by atoms with E-state index in [4.69, 9.17) is 4.84 Å². The van der Waals surface area contributed by atoms with Crippen LogP contribution in [0.4, 0.5) is 5.95 Å².